The maximum atomic E-state index is 10.9. The van der Waals surface area contributed by atoms with Crippen LogP contribution in [0.25, 0.3) is 11.0 Å². The number of aromatic nitrogens is 2. The van der Waals surface area contributed by atoms with E-state index >= 15 is 0 Å². The molecule has 0 aliphatic carbocycles. The Kier molecular flexibility index (Phi) is 4.29. The summed E-state index contributed by atoms with van der Waals surface area (Å²) in [6.45, 7) is -0.586. The van der Waals surface area contributed by atoms with Gasteiger partial charge in [-0.05, 0) is 16.4 Å². The van der Waals surface area contributed by atoms with E-state index in [-0.39, 0.29) is 22.4 Å². The number of aliphatic hydroxyl groups is 4. The van der Waals surface area contributed by atoms with Gasteiger partial charge in [0.2, 0.25) is 5.52 Å². The number of nitrogens with zero attached hydrogens (tertiary/aromatic N) is 3. The molecule has 1 aliphatic rings. The van der Waals surface area contributed by atoms with Crippen molar-refractivity contribution >= 4 is 22.4 Å². The Morgan fingerprint density at radius 2 is 1.92 bits per heavy atom. The molecular formula is C12H14N4O8. The highest BCUT2D eigenvalue weighted by Crippen LogP contribution is 2.31. The van der Waals surface area contributed by atoms with Crippen molar-refractivity contribution in [1.29, 1.82) is 0 Å². The maximum absolute atomic E-state index is 10.9. The number of nitro benzene ring substituents is 1. The molecule has 1 fully saturated rings. The van der Waals surface area contributed by atoms with Crippen molar-refractivity contribution in [2.24, 2.45) is 0 Å². The summed E-state index contributed by atoms with van der Waals surface area (Å²) >= 11 is 0. The minimum Gasteiger partial charge on any atom is -0.394 e. The summed E-state index contributed by atoms with van der Waals surface area (Å²) in [5, 5.41) is 59.7. The average Bonchev–Trinajstić information content (AvgIpc) is 3.04. The predicted molar refractivity (Wildman–Crippen MR) is 75.8 cm³/mol. The highest BCUT2D eigenvalue weighted by Gasteiger charge is 2.44. The summed E-state index contributed by atoms with van der Waals surface area (Å²) in [4.78, 5) is 10.3. The van der Waals surface area contributed by atoms with Gasteiger partial charge in [-0.25, -0.2) is 4.63 Å². The van der Waals surface area contributed by atoms with Crippen LogP contribution in [0.4, 0.5) is 11.4 Å². The quantitative estimate of drug-likeness (QED) is 0.316. The number of hydrogen-bond acceptors (Lipinski definition) is 11. The summed E-state index contributed by atoms with van der Waals surface area (Å²) in [6.07, 6.45) is -5.61. The molecule has 0 amide bonds. The number of ether oxygens (including phenoxy) is 1. The zero-order chi connectivity index (χ0) is 17.4. The maximum Gasteiger partial charge on any atom is 0.300 e. The lowest BCUT2D eigenvalue weighted by atomic mass is 9.96. The Bertz CT molecular complexity index is 752. The molecule has 2 aromatic rings. The second-order valence-electron chi connectivity index (χ2n) is 5.25. The van der Waals surface area contributed by atoms with Crippen LogP contribution in [0.2, 0.25) is 0 Å². The van der Waals surface area contributed by atoms with Crippen molar-refractivity contribution in [3.05, 3.63) is 22.2 Å². The monoisotopic (exact) mass is 342 g/mol. The number of fused-ring (bicyclic) bond motifs is 1. The molecule has 0 saturated carbocycles. The van der Waals surface area contributed by atoms with Gasteiger partial charge in [0.1, 0.15) is 24.4 Å². The molecule has 1 aromatic carbocycles. The van der Waals surface area contributed by atoms with E-state index in [4.69, 9.17) is 9.84 Å². The van der Waals surface area contributed by atoms with Crippen LogP contribution in [-0.2, 0) is 4.74 Å². The van der Waals surface area contributed by atoms with E-state index in [1.165, 1.54) is 6.07 Å². The molecule has 1 aromatic heterocycles. The van der Waals surface area contributed by atoms with Crippen LogP contribution in [0.15, 0.2) is 16.8 Å². The molecule has 1 aliphatic heterocycles. The Balaban J connectivity index is 1.91. The zero-order valence-electron chi connectivity index (χ0n) is 12.0. The largest absolute Gasteiger partial charge is 0.394 e. The SMILES string of the molecule is O=[N+]([O-])c1ccc(N[C@H]2C(O)O[C@H](CO)[C@@H](O)[C@@H]2O)c2nonc12. The summed E-state index contributed by atoms with van der Waals surface area (Å²) in [5.41, 5.74) is -0.238. The summed E-state index contributed by atoms with van der Waals surface area (Å²) < 4.78 is 9.54. The average molecular weight is 342 g/mol. The van der Waals surface area contributed by atoms with Crippen LogP contribution in [0.3, 0.4) is 0 Å². The van der Waals surface area contributed by atoms with E-state index in [1.54, 1.807) is 0 Å². The number of aliphatic hydroxyl groups excluding tert-OH is 4. The normalized spacial score (nSPS) is 30.4. The summed E-state index contributed by atoms with van der Waals surface area (Å²) in [7, 11) is 0. The van der Waals surface area contributed by atoms with Gasteiger partial charge in [0, 0.05) is 6.07 Å². The molecule has 12 nitrogen and oxygen atoms in total. The van der Waals surface area contributed by atoms with Crippen molar-refractivity contribution in [2.45, 2.75) is 30.6 Å². The first-order valence-electron chi connectivity index (χ1n) is 6.90. The Labute approximate surface area is 133 Å². The molecule has 1 unspecified atom stereocenters. The molecule has 2 heterocycles. The first kappa shape index (κ1) is 16.5. The van der Waals surface area contributed by atoms with E-state index in [9.17, 15) is 25.4 Å². The van der Waals surface area contributed by atoms with Crippen LogP contribution in [0, 0.1) is 10.1 Å². The summed E-state index contributed by atoms with van der Waals surface area (Å²) in [6, 6.07) is 1.28. The van der Waals surface area contributed by atoms with Gasteiger partial charge in [-0.1, -0.05) is 0 Å². The van der Waals surface area contributed by atoms with Gasteiger partial charge >= 0.3 is 5.69 Å². The minimum absolute atomic E-state index is 0.0161. The standard InChI is InChI=1S/C12H14N4O8/c17-3-6-10(18)11(19)9(12(20)23-6)13-4-1-2-5(16(21)22)8-7(4)14-24-15-8/h1-2,6,9-13,17-20H,3H2/t6-,9-,10-,11-,12?/m1/s1. The van der Waals surface area contributed by atoms with Gasteiger partial charge in [-0.2, -0.15) is 0 Å². The van der Waals surface area contributed by atoms with E-state index in [1.807, 2.05) is 0 Å². The number of hydrogen-bond donors (Lipinski definition) is 5. The molecule has 5 N–H and O–H groups in total. The number of rotatable bonds is 4. The second kappa shape index (κ2) is 6.26. The molecule has 0 radical (unpaired) electrons. The molecule has 130 valence electrons. The first-order valence-corrected chi connectivity index (χ1v) is 6.90. The van der Waals surface area contributed by atoms with Crippen LogP contribution in [-0.4, -0.2) is 72.9 Å². The molecule has 1 saturated heterocycles. The van der Waals surface area contributed by atoms with Gasteiger partial charge in [0.05, 0.1) is 17.2 Å². The van der Waals surface area contributed by atoms with E-state index in [0.717, 1.165) is 6.07 Å². The number of benzene rings is 1. The van der Waals surface area contributed by atoms with Gasteiger partial charge in [-0.15, -0.1) is 0 Å². The third-order valence-electron chi connectivity index (χ3n) is 3.81. The van der Waals surface area contributed by atoms with E-state index in [2.05, 4.69) is 20.3 Å². The molecule has 0 bridgehead atoms. The number of nitrogens with one attached hydrogen (secondary N) is 1. The smallest absolute Gasteiger partial charge is 0.300 e. The molecule has 3 rings (SSSR count). The van der Waals surface area contributed by atoms with Crippen LogP contribution < -0.4 is 5.32 Å². The number of nitro groups is 1. The summed E-state index contributed by atoms with van der Waals surface area (Å²) in [5.74, 6) is 0. The predicted octanol–water partition coefficient (Wildman–Crippen LogP) is -1.66. The van der Waals surface area contributed by atoms with Crippen molar-refractivity contribution in [1.82, 2.24) is 10.3 Å². The highest BCUT2D eigenvalue weighted by molar-refractivity contribution is 5.93. The molecular weight excluding hydrogens is 328 g/mol. The minimum atomic E-state index is -1.55. The Morgan fingerprint density at radius 1 is 1.21 bits per heavy atom. The third-order valence-corrected chi connectivity index (χ3v) is 3.81. The van der Waals surface area contributed by atoms with Crippen molar-refractivity contribution in [3.63, 3.8) is 0 Å². The fourth-order valence-corrected chi connectivity index (χ4v) is 2.55. The lowest BCUT2D eigenvalue weighted by Crippen LogP contribution is -2.61. The fraction of sp³-hybridized carbons (Fsp3) is 0.500. The lowest BCUT2D eigenvalue weighted by molar-refractivity contribution is -0.383. The zero-order valence-corrected chi connectivity index (χ0v) is 12.0. The van der Waals surface area contributed by atoms with Gasteiger partial charge in [0.15, 0.2) is 11.8 Å². The third kappa shape index (κ3) is 2.65. The number of non-ortho nitro benzene ring substituents is 1. The first-order chi connectivity index (χ1) is 11.4. The Hall–Kier alpha value is -2.38. The van der Waals surface area contributed by atoms with Gasteiger partial charge < -0.3 is 30.5 Å². The fourth-order valence-electron chi connectivity index (χ4n) is 2.55. The molecule has 0 spiro atoms. The Morgan fingerprint density at radius 3 is 2.58 bits per heavy atom. The van der Waals surface area contributed by atoms with Crippen molar-refractivity contribution in [2.75, 3.05) is 11.9 Å². The molecule has 5 atom stereocenters. The molecule has 12 heteroatoms. The van der Waals surface area contributed by atoms with E-state index < -0.39 is 42.2 Å². The van der Waals surface area contributed by atoms with Crippen LogP contribution >= 0.6 is 0 Å². The number of anilines is 1. The van der Waals surface area contributed by atoms with Gasteiger partial charge in [-0.3, -0.25) is 10.1 Å². The second-order valence-corrected chi connectivity index (χ2v) is 5.25. The lowest BCUT2D eigenvalue weighted by Gasteiger charge is -2.40. The van der Waals surface area contributed by atoms with Crippen molar-refractivity contribution < 1.29 is 34.7 Å². The highest BCUT2D eigenvalue weighted by atomic mass is 16.6. The molecule has 24 heavy (non-hydrogen) atoms. The van der Waals surface area contributed by atoms with E-state index in [0.29, 0.717) is 0 Å². The van der Waals surface area contributed by atoms with Crippen LogP contribution in [0.5, 0.6) is 0 Å². The topological polar surface area (TPSA) is 184 Å². The van der Waals surface area contributed by atoms with Crippen molar-refractivity contribution in [3.8, 4) is 0 Å². The van der Waals surface area contributed by atoms with Gasteiger partial charge in [0.25, 0.3) is 0 Å². The van der Waals surface area contributed by atoms with Crippen LogP contribution in [0.1, 0.15) is 0 Å².